The van der Waals surface area contributed by atoms with Crippen LogP contribution >= 0.6 is 0 Å². The van der Waals surface area contributed by atoms with Gasteiger partial charge < -0.3 is 9.84 Å². The molecule has 0 spiro atoms. The molecule has 90 valence electrons. The molecule has 2 heteroatoms. The smallest absolute Gasteiger partial charge is 0.0838 e. The van der Waals surface area contributed by atoms with Gasteiger partial charge in [-0.2, -0.15) is 0 Å². The van der Waals surface area contributed by atoms with Crippen LogP contribution in [0.25, 0.3) is 0 Å². The van der Waals surface area contributed by atoms with Gasteiger partial charge in [-0.15, -0.1) is 0 Å². The third kappa shape index (κ3) is 3.95. The van der Waals surface area contributed by atoms with Crippen LogP contribution in [-0.4, -0.2) is 17.8 Å². The second-order valence-electron chi connectivity index (χ2n) is 4.62. The Morgan fingerprint density at radius 3 is 2.25 bits per heavy atom. The van der Waals surface area contributed by atoms with E-state index in [-0.39, 0.29) is 12.7 Å². The molecule has 0 radical (unpaired) electrons. The number of ether oxygens (including phenoxy) is 1. The number of aliphatic hydroxyl groups excluding tert-OH is 1. The minimum atomic E-state index is -0.0693. The molecule has 0 amide bonds. The van der Waals surface area contributed by atoms with Crippen molar-refractivity contribution >= 4 is 0 Å². The predicted molar refractivity (Wildman–Crippen MR) is 66.1 cm³/mol. The number of hydrogen-bond acceptors (Lipinski definition) is 2. The lowest BCUT2D eigenvalue weighted by atomic mass is 9.92. The van der Waals surface area contributed by atoms with Crippen LogP contribution in [0.2, 0.25) is 0 Å². The van der Waals surface area contributed by atoms with E-state index in [1.807, 2.05) is 30.3 Å². The molecule has 0 unspecified atom stereocenters. The van der Waals surface area contributed by atoms with E-state index >= 15 is 0 Å². The Morgan fingerprint density at radius 1 is 1.12 bits per heavy atom. The van der Waals surface area contributed by atoms with Gasteiger partial charge >= 0.3 is 0 Å². The van der Waals surface area contributed by atoms with Gasteiger partial charge in [0.2, 0.25) is 0 Å². The Hall–Kier alpha value is -0.860. The molecule has 0 fully saturated rings. The molecule has 1 aromatic carbocycles. The van der Waals surface area contributed by atoms with E-state index in [1.165, 1.54) is 0 Å². The van der Waals surface area contributed by atoms with Crippen molar-refractivity contribution in [2.45, 2.75) is 33.5 Å². The van der Waals surface area contributed by atoms with Crippen LogP contribution in [0.4, 0.5) is 0 Å². The number of rotatable bonds is 6. The summed E-state index contributed by atoms with van der Waals surface area (Å²) in [6.07, 6.45) is -0.0693. The van der Waals surface area contributed by atoms with Crippen LogP contribution in [0.15, 0.2) is 30.3 Å². The first kappa shape index (κ1) is 13.2. The molecule has 0 aliphatic rings. The average Bonchev–Trinajstić information content (AvgIpc) is 2.30. The third-order valence-corrected chi connectivity index (χ3v) is 3.12. The first-order valence-electron chi connectivity index (χ1n) is 5.91. The molecule has 0 aliphatic carbocycles. The number of benzene rings is 1. The predicted octanol–water partition coefficient (Wildman–Crippen LogP) is 2.86. The molecule has 2 nitrogen and oxygen atoms in total. The van der Waals surface area contributed by atoms with E-state index in [1.54, 1.807) is 0 Å². The SMILES string of the molecule is CC(C)[C@H](C)[C@H](CO)OCc1ccccc1. The van der Waals surface area contributed by atoms with E-state index in [2.05, 4.69) is 20.8 Å². The molecule has 2 atom stereocenters. The standard InChI is InChI=1S/C14H22O2/c1-11(2)12(3)14(9-15)16-10-13-7-5-4-6-8-13/h4-8,11-12,14-15H,9-10H2,1-3H3/t12-,14-/m0/s1. The van der Waals surface area contributed by atoms with Gasteiger partial charge in [0, 0.05) is 0 Å². The van der Waals surface area contributed by atoms with Gasteiger partial charge in [-0.25, -0.2) is 0 Å². The minimum absolute atomic E-state index is 0.0693. The second kappa shape index (κ2) is 6.66. The number of hydrogen-bond donors (Lipinski definition) is 1. The molecular weight excluding hydrogens is 200 g/mol. The van der Waals surface area contributed by atoms with Gasteiger partial charge in [0.25, 0.3) is 0 Å². The van der Waals surface area contributed by atoms with E-state index in [0.29, 0.717) is 18.4 Å². The van der Waals surface area contributed by atoms with Crippen molar-refractivity contribution in [3.8, 4) is 0 Å². The highest BCUT2D eigenvalue weighted by atomic mass is 16.5. The second-order valence-corrected chi connectivity index (χ2v) is 4.62. The fourth-order valence-electron chi connectivity index (χ4n) is 1.58. The normalized spacial score (nSPS) is 15.1. The van der Waals surface area contributed by atoms with Crippen LogP contribution in [-0.2, 0) is 11.3 Å². The van der Waals surface area contributed by atoms with Crippen molar-refractivity contribution in [1.29, 1.82) is 0 Å². The van der Waals surface area contributed by atoms with Crippen molar-refractivity contribution in [2.75, 3.05) is 6.61 Å². The summed E-state index contributed by atoms with van der Waals surface area (Å²) in [6, 6.07) is 10.1. The summed E-state index contributed by atoms with van der Waals surface area (Å²) in [4.78, 5) is 0. The van der Waals surface area contributed by atoms with E-state index in [0.717, 1.165) is 5.56 Å². The monoisotopic (exact) mass is 222 g/mol. The zero-order valence-electron chi connectivity index (χ0n) is 10.4. The lowest BCUT2D eigenvalue weighted by Crippen LogP contribution is -2.29. The molecule has 1 aromatic rings. The Labute approximate surface area is 98.3 Å². The van der Waals surface area contributed by atoms with Gasteiger partial charge in [-0.3, -0.25) is 0 Å². The maximum Gasteiger partial charge on any atom is 0.0838 e. The third-order valence-electron chi connectivity index (χ3n) is 3.12. The summed E-state index contributed by atoms with van der Waals surface area (Å²) >= 11 is 0. The highest BCUT2D eigenvalue weighted by molar-refractivity contribution is 5.13. The van der Waals surface area contributed by atoms with Crippen LogP contribution in [0.3, 0.4) is 0 Å². The molecule has 0 bridgehead atoms. The fourth-order valence-corrected chi connectivity index (χ4v) is 1.58. The Kier molecular flexibility index (Phi) is 5.50. The van der Waals surface area contributed by atoms with Crippen molar-refractivity contribution < 1.29 is 9.84 Å². The van der Waals surface area contributed by atoms with Gasteiger partial charge in [-0.1, -0.05) is 51.1 Å². The highest BCUT2D eigenvalue weighted by Gasteiger charge is 2.19. The average molecular weight is 222 g/mol. The molecular formula is C14H22O2. The zero-order chi connectivity index (χ0) is 12.0. The fraction of sp³-hybridized carbons (Fsp3) is 0.571. The first-order valence-corrected chi connectivity index (χ1v) is 5.91. The summed E-state index contributed by atoms with van der Waals surface area (Å²) < 4.78 is 5.75. The molecule has 0 saturated heterocycles. The van der Waals surface area contributed by atoms with Crippen LogP contribution in [0, 0.1) is 11.8 Å². The van der Waals surface area contributed by atoms with Crippen molar-refractivity contribution in [3.05, 3.63) is 35.9 Å². The summed E-state index contributed by atoms with van der Waals surface area (Å²) in [5.74, 6) is 0.890. The lowest BCUT2D eigenvalue weighted by Gasteiger charge is -2.25. The van der Waals surface area contributed by atoms with Gasteiger partial charge in [-0.05, 0) is 17.4 Å². The van der Waals surface area contributed by atoms with E-state index in [4.69, 9.17) is 4.74 Å². The van der Waals surface area contributed by atoms with Crippen LogP contribution in [0.5, 0.6) is 0 Å². The van der Waals surface area contributed by atoms with Crippen LogP contribution in [0.1, 0.15) is 26.3 Å². The quantitative estimate of drug-likeness (QED) is 0.802. The Balaban J connectivity index is 2.46. The molecule has 1 N–H and O–H groups in total. The van der Waals surface area contributed by atoms with Gasteiger partial charge in [0.1, 0.15) is 0 Å². The molecule has 0 saturated carbocycles. The molecule has 16 heavy (non-hydrogen) atoms. The summed E-state index contributed by atoms with van der Waals surface area (Å²) in [5, 5.41) is 9.30. The van der Waals surface area contributed by atoms with E-state index in [9.17, 15) is 5.11 Å². The maximum atomic E-state index is 9.30. The Morgan fingerprint density at radius 2 is 1.75 bits per heavy atom. The molecule has 0 aromatic heterocycles. The van der Waals surface area contributed by atoms with Crippen LogP contribution < -0.4 is 0 Å². The summed E-state index contributed by atoms with van der Waals surface area (Å²) in [5.41, 5.74) is 1.15. The molecule has 0 heterocycles. The van der Waals surface area contributed by atoms with E-state index < -0.39 is 0 Å². The number of aliphatic hydroxyl groups is 1. The zero-order valence-corrected chi connectivity index (χ0v) is 10.4. The van der Waals surface area contributed by atoms with Gasteiger partial charge in [0.05, 0.1) is 19.3 Å². The largest absolute Gasteiger partial charge is 0.394 e. The highest BCUT2D eigenvalue weighted by Crippen LogP contribution is 2.18. The first-order chi connectivity index (χ1) is 7.65. The summed E-state index contributed by atoms with van der Waals surface area (Å²) in [7, 11) is 0. The maximum absolute atomic E-state index is 9.30. The van der Waals surface area contributed by atoms with Crippen molar-refractivity contribution in [3.63, 3.8) is 0 Å². The van der Waals surface area contributed by atoms with Crippen molar-refractivity contribution in [2.24, 2.45) is 11.8 Å². The minimum Gasteiger partial charge on any atom is -0.394 e. The Bertz CT molecular complexity index is 282. The molecule has 1 rings (SSSR count). The molecule has 0 aliphatic heterocycles. The summed E-state index contributed by atoms with van der Waals surface area (Å²) in [6.45, 7) is 7.09. The van der Waals surface area contributed by atoms with Crippen molar-refractivity contribution in [1.82, 2.24) is 0 Å². The lowest BCUT2D eigenvalue weighted by molar-refractivity contribution is -0.0393. The topological polar surface area (TPSA) is 29.5 Å². The van der Waals surface area contributed by atoms with Gasteiger partial charge in [0.15, 0.2) is 0 Å².